The van der Waals surface area contributed by atoms with E-state index in [2.05, 4.69) is 20.4 Å². The fourth-order valence-corrected chi connectivity index (χ4v) is 1.35. The first kappa shape index (κ1) is 7.44. The van der Waals surface area contributed by atoms with Gasteiger partial charge in [-0.3, -0.25) is 0 Å². The van der Waals surface area contributed by atoms with Gasteiger partial charge < -0.3 is 0 Å². The number of hydrogen-bond acceptors (Lipinski definition) is 2. The van der Waals surface area contributed by atoms with E-state index in [1.807, 2.05) is 16.2 Å². The highest BCUT2D eigenvalue weighted by Gasteiger charge is 1.88. The molecule has 0 aliphatic rings. The van der Waals surface area contributed by atoms with Crippen LogP contribution < -0.4 is 0 Å². The second-order valence-corrected chi connectivity index (χ2v) is 4.22. The van der Waals surface area contributed by atoms with E-state index < -0.39 is 0 Å². The van der Waals surface area contributed by atoms with E-state index >= 15 is 0 Å². The quantitative estimate of drug-likeness (QED) is 0.544. The van der Waals surface area contributed by atoms with Gasteiger partial charge in [0.15, 0.2) is 0 Å². The van der Waals surface area contributed by atoms with Gasteiger partial charge in [0.25, 0.3) is 0 Å². The van der Waals surface area contributed by atoms with Gasteiger partial charge >= 0.3 is 0 Å². The topological polar surface area (TPSA) is 0 Å². The van der Waals surface area contributed by atoms with Crippen molar-refractivity contribution in [3.8, 4) is 0 Å². The molecule has 0 aromatic rings. The van der Waals surface area contributed by atoms with Gasteiger partial charge in [-0.1, -0.05) is 42.0 Å². The summed E-state index contributed by atoms with van der Waals surface area (Å²) in [5.74, 6) is 0. The Morgan fingerprint density at radius 2 is 2.14 bits per heavy atom. The molecule has 0 bridgehead atoms. The molecule has 0 atom stereocenters. The fraction of sp³-hybridized carbons (Fsp3) is 0.600. The van der Waals surface area contributed by atoms with Crippen LogP contribution in [0.25, 0.3) is 0 Å². The van der Waals surface area contributed by atoms with Crippen molar-refractivity contribution in [2.24, 2.45) is 0 Å². The SMILES string of the molecule is C=CSSC(C)C. The van der Waals surface area contributed by atoms with Crippen molar-refractivity contribution in [2.45, 2.75) is 19.1 Å². The largest absolute Gasteiger partial charge is 0.0919 e. The van der Waals surface area contributed by atoms with Crippen LogP contribution >= 0.6 is 21.6 Å². The molecular formula is C5H10S2. The Morgan fingerprint density at radius 1 is 1.57 bits per heavy atom. The Bertz CT molecular complexity index is 50.0. The van der Waals surface area contributed by atoms with Crippen LogP contribution in [-0.4, -0.2) is 5.25 Å². The lowest BCUT2D eigenvalue weighted by Gasteiger charge is -1.95. The van der Waals surface area contributed by atoms with Gasteiger partial charge in [-0.05, 0) is 5.41 Å². The Labute approximate surface area is 53.2 Å². The Morgan fingerprint density at radius 3 is 2.29 bits per heavy atom. The molecule has 0 radical (unpaired) electrons. The third kappa shape index (κ3) is 6.44. The molecule has 0 aromatic carbocycles. The van der Waals surface area contributed by atoms with Crippen molar-refractivity contribution in [2.75, 3.05) is 0 Å². The maximum Gasteiger partial charge on any atom is 0.00976 e. The minimum atomic E-state index is 0.711. The Kier molecular flexibility index (Phi) is 4.88. The summed E-state index contributed by atoms with van der Waals surface area (Å²) in [5.41, 5.74) is 0. The summed E-state index contributed by atoms with van der Waals surface area (Å²) in [6, 6.07) is 0. The summed E-state index contributed by atoms with van der Waals surface area (Å²) in [4.78, 5) is 0. The van der Waals surface area contributed by atoms with Crippen molar-refractivity contribution in [3.05, 3.63) is 12.0 Å². The van der Waals surface area contributed by atoms with Crippen molar-refractivity contribution < 1.29 is 0 Å². The van der Waals surface area contributed by atoms with E-state index in [1.165, 1.54) is 0 Å². The molecule has 0 heterocycles. The van der Waals surface area contributed by atoms with Crippen LogP contribution in [0.4, 0.5) is 0 Å². The maximum atomic E-state index is 3.57. The van der Waals surface area contributed by atoms with E-state index in [1.54, 1.807) is 10.8 Å². The molecule has 0 saturated heterocycles. The zero-order valence-electron chi connectivity index (χ0n) is 4.68. The van der Waals surface area contributed by atoms with Gasteiger partial charge in [-0.15, -0.1) is 0 Å². The third-order valence-corrected chi connectivity index (χ3v) is 2.84. The molecule has 42 valence electrons. The van der Waals surface area contributed by atoms with Gasteiger partial charge in [-0.2, -0.15) is 0 Å². The van der Waals surface area contributed by atoms with Gasteiger partial charge in [0.2, 0.25) is 0 Å². The molecule has 0 fully saturated rings. The lowest BCUT2D eigenvalue weighted by molar-refractivity contribution is 1.12. The zero-order chi connectivity index (χ0) is 5.70. The summed E-state index contributed by atoms with van der Waals surface area (Å²) < 4.78 is 0. The first-order valence-electron chi connectivity index (χ1n) is 2.20. The molecule has 2 heteroatoms. The summed E-state index contributed by atoms with van der Waals surface area (Å²) in [6.07, 6.45) is 0. The van der Waals surface area contributed by atoms with Crippen molar-refractivity contribution in [1.29, 1.82) is 0 Å². The predicted octanol–water partition coefficient (Wildman–Crippen LogP) is 2.92. The van der Waals surface area contributed by atoms with Crippen LogP contribution in [0.3, 0.4) is 0 Å². The summed E-state index contributed by atoms with van der Waals surface area (Å²) in [5, 5.41) is 2.56. The van der Waals surface area contributed by atoms with E-state index in [0.717, 1.165) is 0 Å². The molecule has 0 aromatic heterocycles. The smallest absolute Gasteiger partial charge is 0.00976 e. The van der Waals surface area contributed by atoms with Crippen molar-refractivity contribution in [1.82, 2.24) is 0 Å². The van der Waals surface area contributed by atoms with Crippen LogP contribution in [0.2, 0.25) is 0 Å². The zero-order valence-corrected chi connectivity index (χ0v) is 6.31. The monoisotopic (exact) mass is 134 g/mol. The highest BCUT2D eigenvalue weighted by atomic mass is 33.1. The molecule has 0 saturated carbocycles. The Hall–Kier alpha value is 0.440. The van der Waals surface area contributed by atoms with E-state index in [4.69, 9.17) is 0 Å². The second kappa shape index (κ2) is 4.60. The number of rotatable bonds is 3. The molecule has 0 aliphatic carbocycles. The number of hydrogen-bond donors (Lipinski definition) is 0. The van der Waals surface area contributed by atoms with Gasteiger partial charge in [0.05, 0.1) is 0 Å². The summed E-state index contributed by atoms with van der Waals surface area (Å²) in [7, 11) is 3.53. The first-order valence-corrected chi connectivity index (χ1v) is 4.48. The van der Waals surface area contributed by atoms with Crippen LogP contribution in [0.1, 0.15) is 13.8 Å². The third-order valence-electron chi connectivity index (χ3n) is 0.316. The van der Waals surface area contributed by atoms with Crippen molar-refractivity contribution in [3.63, 3.8) is 0 Å². The van der Waals surface area contributed by atoms with E-state index in [9.17, 15) is 0 Å². The molecule has 0 spiro atoms. The van der Waals surface area contributed by atoms with Gasteiger partial charge in [-0.25, -0.2) is 0 Å². The van der Waals surface area contributed by atoms with Crippen LogP contribution in [0, 0.1) is 0 Å². The van der Waals surface area contributed by atoms with Crippen LogP contribution in [0.5, 0.6) is 0 Å². The fourth-order valence-electron chi connectivity index (χ4n) is 0.150. The van der Waals surface area contributed by atoms with E-state index in [0.29, 0.717) is 5.25 Å². The minimum Gasteiger partial charge on any atom is -0.0919 e. The van der Waals surface area contributed by atoms with Gasteiger partial charge in [0.1, 0.15) is 0 Å². The predicted molar refractivity (Wildman–Crippen MR) is 40.5 cm³/mol. The lowest BCUT2D eigenvalue weighted by Crippen LogP contribution is -1.78. The summed E-state index contributed by atoms with van der Waals surface area (Å²) >= 11 is 0. The van der Waals surface area contributed by atoms with Crippen LogP contribution in [0.15, 0.2) is 12.0 Å². The normalized spacial score (nSPS) is 9.57. The summed E-state index contributed by atoms with van der Waals surface area (Å²) in [6.45, 7) is 7.91. The molecule has 0 rings (SSSR count). The highest BCUT2D eigenvalue weighted by Crippen LogP contribution is 2.25. The average Bonchev–Trinajstić information content (AvgIpc) is 1.61. The average molecular weight is 134 g/mol. The molecule has 0 N–H and O–H groups in total. The molecule has 0 aliphatic heterocycles. The Balaban J connectivity index is 2.81. The molecular weight excluding hydrogens is 124 g/mol. The van der Waals surface area contributed by atoms with Crippen LogP contribution in [-0.2, 0) is 0 Å². The van der Waals surface area contributed by atoms with Gasteiger partial charge in [0, 0.05) is 5.25 Å². The highest BCUT2D eigenvalue weighted by molar-refractivity contribution is 8.78. The minimum absolute atomic E-state index is 0.711. The molecule has 7 heavy (non-hydrogen) atoms. The maximum absolute atomic E-state index is 3.57. The first-order chi connectivity index (χ1) is 3.27. The second-order valence-electron chi connectivity index (χ2n) is 1.41. The lowest BCUT2D eigenvalue weighted by atomic mass is 10.6. The molecule has 0 nitrogen and oxygen atoms in total. The molecule has 0 unspecified atom stereocenters. The standard InChI is InChI=1S/C5H10S2/c1-4-6-7-5(2)3/h4-5H,1H2,2-3H3. The van der Waals surface area contributed by atoms with Crippen molar-refractivity contribution >= 4 is 21.6 Å². The van der Waals surface area contributed by atoms with E-state index in [-0.39, 0.29) is 0 Å². The molecule has 0 amide bonds.